The van der Waals surface area contributed by atoms with Gasteiger partial charge in [0, 0.05) is 7.11 Å². The van der Waals surface area contributed by atoms with Crippen LogP contribution in [0.25, 0.3) is 0 Å². The molecule has 0 saturated carbocycles. The lowest BCUT2D eigenvalue weighted by molar-refractivity contribution is -0.112. The van der Waals surface area contributed by atoms with E-state index in [0.717, 1.165) is 6.29 Å². The first-order valence-corrected chi connectivity index (χ1v) is 4.07. The summed E-state index contributed by atoms with van der Waals surface area (Å²) in [5.74, 6) is -0.238. The van der Waals surface area contributed by atoms with Crippen LogP contribution in [0, 0.1) is 5.92 Å². The molecule has 0 N–H and O–H groups in total. The Morgan fingerprint density at radius 2 is 2.36 bits per heavy atom. The fourth-order valence-corrected chi connectivity index (χ4v) is 1.37. The minimum atomic E-state index is -0.635. The fraction of sp³-hybridized carbons (Fsp3) is 0.375. The highest BCUT2D eigenvalue weighted by atomic mass is 79.9. The number of hydrogen-bond donors (Lipinski definition) is 0. The Balaban J connectivity index is 2.85. The standard InChI is InChI=1S/C8H9BrO2/c1-11-8(9)5-3-2-4-7(8)6-10/h2-7H,1H3. The van der Waals surface area contributed by atoms with E-state index in [9.17, 15) is 4.79 Å². The first-order valence-electron chi connectivity index (χ1n) is 3.28. The molecular formula is C8H9BrO2. The van der Waals surface area contributed by atoms with Gasteiger partial charge in [0.25, 0.3) is 0 Å². The monoisotopic (exact) mass is 216 g/mol. The Morgan fingerprint density at radius 3 is 2.82 bits per heavy atom. The largest absolute Gasteiger partial charge is 0.362 e. The maximum atomic E-state index is 10.5. The van der Waals surface area contributed by atoms with Gasteiger partial charge in [-0.05, 0) is 22.0 Å². The van der Waals surface area contributed by atoms with Crippen LogP contribution in [0.3, 0.4) is 0 Å². The zero-order valence-electron chi connectivity index (χ0n) is 6.16. The van der Waals surface area contributed by atoms with Gasteiger partial charge in [0.2, 0.25) is 0 Å². The van der Waals surface area contributed by atoms with Crippen molar-refractivity contribution in [3.63, 3.8) is 0 Å². The van der Waals surface area contributed by atoms with Crippen molar-refractivity contribution >= 4 is 22.2 Å². The number of methoxy groups -OCH3 is 1. The zero-order valence-corrected chi connectivity index (χ0v) is 7.74. The summed E-state index contributed by atoms with van der Waals surface area (Å²) in [6, 6.07) is 0. The summed E-state index contributed by atoms with van der Waals surface area (Å²) in [6.45, 7) is 0. The quantitative estimate of drug-likeness (QED) is 0.519. The molecule has 0 heterocycles. The van der Waals surface area contributed by atoms with Crippen LogP contribution < -0.4 is 0 Å². The van der Waals surface area contributed by atoms with Crippen LogP contribution in [0.1, 0.15) is 0 Å². The highest BCUT2D eigenvalue weighted by molar-refractivity contribution is 9.10. The van der Waals surface area contributed by atoms with Gasteiger partial charge in [-0.15, -0.1) is 0 Å². The van der Waals surface area contributed by atoms with Gasteiger partial charge in [-0.25, -0.2) is 0 Å². The third-order valence-electron chi connectivity index (χ3n) is 1.67. The molecule has 0 radical (unpaired) electrons. The molecule has 1 aliphatic rings. The molecule has 0 aliphatic heterocycles. The topological polar surface area (TPSA) is 26.3 Å². The molecule has 2 unspecified atom stereocenters. The smallest absolute Gasteiger partial charge is 0.154 e. The van der Waals surface area contributed by atoms with Crippen LogP contribution in [0.4, 0.5) is 0 Å². The number of ether oxygens (including phenoxy) is 1. The van der Waals surface area contributed by atoms with E-state index in [1.807, 2.05) is 18.2 Å². The van der Waals surface area contributed by atoms with E-state index in [1.165, 1.54) is 0 Å². The van der Waals surface area contributed by atoms with E-state index in [0.29, 0.717) is 0 Å². The maximum Gasteiger partial charge on any atom is 0.154 e. The van der Waals surface area contributed by atoms with Crippen molar-refractivity contribution in [2.45, 2.75) is 4.51 Å². The predicted octanol–water partition coefficient (Wildman–Crippen LogP) is 1.67. The molecule has 0 saturated heterocycles. The predicted molar refractivity (Wildman–Crippen MR) is 46.5 cm³/mol. The van der Waals surface area contributed by atoms with E-state index < -0.39 is 4.51 Å². The Bertz CT molecular complexity index is 210. The maximum absolute atomic E-state index is 10.5. The molecular weight excluding hydrogens is 208 g/mol. The number of carbonyl (C=O) groups is 1. The molecule has 1 aliphatic carbocycles. The number of aldehydes is 1. The second kappa shape index (κ2) is 3.32. The Morgan fingerprint density at radius 1 is 1.64 bits per heavy atom. The molecule has 2 atom stereocenters. The molecule has 60 valence electrons. The summed E-state index contributed by atoms with van der Waals surface area (Å²) >= 11 is 3.33. The second-order valence-corrected chi connectivity index (χ2v) is 3.55. The van der Waals surface area contributed by atoms with Crippen LogP contribution >= 0.6 is 15.9 Å². The summed E-state index contributed by atoms with van der Waals surface area (Å²) in [7, 11) is 1.56. The van der Waals surface area contributed by atoms with Gasteiger partial charge >= 0.3 is 0 Å². The van der Waals surface area contributed by atoms with E-state index in [-0.39, 0.29) is 5.92 Å². The normalized spacial score (nSPS) is 35.6. The van der Waals surface area contributed by atoms with Gasteiger partial charge in [-0.1, -0.05) is 18.2 Å². The van der Waals surface area contributed by atoms with Crippen LogP contribution in [0.2, 0.25) is 0 Å². The lowest BCUT2D eigenvalue weighted by Gasteiger charge is -2.27. The number of halogens is 1. The van der Waals surface area contributed by atoms with Crippen LogP contribution in [-0.4, -0.2) is 17.9 Å². The molecule has 11 heavy (non-hydrogen) atoms. The molecule has 0 aromatic rings. The zero-order chi connectivity index (χ0) is 8.32. The molecule has 2 nitrogen and oxygen atoms in total. The minimum absolute atomic E-state index is 0.238. The molecule has 1 rings (SSSR count). The van der Waals surface area contributed by atoms with Crippen LogP contribution in [-0.2, 0) is 9.53 Å². The van der Waals surface area contributed by atoms with Crippen molar-refractivity contribution in [1.82, 2.24) is 0 Å². The van der Waals surface area contributed by atoms with E-state index >= 15 is 0 Å². The van der Waals surface area contributed by atoms with E-state index in [1.54, 1.807) is 13.2 Å². The molecule has 0 amide bonds. The lowest BCUT2D eigenvalue weighted by atomic mass is 9.99. The van der Waals surface area contributed by atoms with Crippen molar-refractivity contribution in [3.05, 3.63) is 24.3 Å². The molecule has 3 heteroatoms. The van der Waals surface area contributed by atoms with Crippen molar-refractivity contribution in [3.8, 4) is 0 Å². The molecule has 0 aromatic heterocycles. The molecule has 0 spiro atoms. The number of carbonyl (C=O) groups excluding carboxylic acids is 1. The minimum Gasteiger partial charge on any atom is -0.362 e. The van der Waals surface area contributed by atoms with E-state index in [4.69, 9.17) is 4.74 Å². The lowest BCUT2D eigenvalue weighted by Crippen LogP contribution is -2.32. The third-order valence-corrected chi connectivity index (χ3v) is 2.78. The number of alkyl halides is 1. The number of hydrogen-bond acceptors (Lipinski definition) is 2. The average Bonchev–Trinajstić information content (AvgIpc) is 2.05. The molecule has 0 aromatic carbocycles. The number of rotatable bonds is 2. The average molecular weight is 217 g/mol. The van der Waals surface area contributed by atoms with E-state index in [2.05, 4.69) is 15.9 Å². The first-order chi connectivity index (χ1) is 5.23. The van der Waals surface area contributed by atoms with Gasteiger partial charge < -0.3 is 9.53 Å². The van der Waals surface area contributed by atoms with Gasteiger partial charge in [0.05, 0.1) is 5.92 Å². The Hall–Kier alpha value is -0.410. The summed E-state index contributed by atoms with van der Waals surface area (Å²) < 4.78 is 4.49. The van der Waals surface area contributed by atoms with Gasteiger partial charge in [0.1, 0.15) is 6.29 Å². The van der Waals surface area contributed by atoms with Gasteiger partial charge in [0.15, 0.2) is 4.51 Å². The number of allylic oxidation sites excluding steroid dienone is 2. The van der Waals surface area contributed by atoms with Crippen molar-refractivity contribution in [1.29, 1.82) is 0 Å². The summed E-state index contributed by atoms with van der Waals surface area (Å²) in [5.41, 5.74) is 0. The fourth-order valence-electron chi connectivity index (χ4n) is 0.955. The first kappa shape index (κ1) is 8.68. The second-order valence-electron chi connectivity index (χ2n) is 2.31. The van der Waals surface area contributed by atoms with Gasteiger partial charge in [-0.3, -0.25) is 0 Å². The van der Waals surface area contributed by atoms with Gasteiger partial charge in [-0.2, -0.15) is 0 Å². The Labute approximate surface area is 74.1 Å². The summed E-state index contributed by atoms with van der Waals surface area (Å²) in [5, 5.41) is 0. The molecule has 0 fully saturated rings. The van der Waals surface area contributed by atoms with Crippen molar-refractivity contribution in [2.75, 3.05) is 7.11 Å². The molecule has 0 bridgehead atoms. The summed E-state index contributed by atoms with van der Waals surface area (Å²) in [4.78, 5) is 10.5. The Kier molecular flexibility index (Phi) is 2.62. The van der Waals surface area contributed by atoms with Crippen molar-refractivity contribution in [2.24, 2.45) is 5.92 Å². The highest BCUT2D eigenvalue weighted by Crippen LogP contribution is 2.32. The van der Waals surface area contributed by atoms with Crippen molar-refractivity contribution < 1.29 is 9.53 Å². The summed E-state index contributed by atoms with van der Waals surface area (Å²) in [6.07, 6.45) is 8.14. The van der Waals surface area contributed by atoms with Crippen LogP contribution in [0.5, 0.6) is 0 Å². The SMILES string of the molecule is COC1(Br)C=CC=CC1C=O. The highest BCUT2D eigenvalue weighted by Gasteiger charge is 2.32. The third kappa shape index (κ3) is 1.60. The van der Waals surface area contributed by atoms with Crippen LogP contribution in [0.15, 0.2) is 24.3 Å².